The molecule has 25 heavy (non-hydrogen) atoms. The molecule has 5 nitrogen and oxygen atoms in total. The number of fused-ring (bicyclic) bond motifs is 3. The van der Waals surface area contributed by atoms with Crippen LogP contribution in [-0.2, 0) is 4.74 Å². The maximum Gasteiger partial charge on any atom is 0.159 e. The summed E-state index contributed by atoms with van der Waals surface area (Å²) < 4.78 is 8.01. The molecule has 3 heterocycles. The second-order valence-corrected chi connectivity index (χ2v) is 9.43. The highest BCUT2D eigenvalue weighted by Crippen LogP contribution is 2.50. The third-order valence-electron chi connectivity index (χ3n) is 6.66. The van der Waals surface area contributed by atoms with E-state index in [-0.39, 0.29) is 0 Å². The Balaban J connectivity index is 1.57. The molecule has 3 fully saturated rings. The lowest BCUT2D eigenvalue weighted by molar-refractivity contribution is 0.0978. The van der Waals surface area contributed by atoms with Gasteiger partial charge < -0.3 is 4.74 Å². The van der Waals surface area contributed by atoms with Gasteiger partial charge in [0.2, 0.25) is 0 Å². The average Bonchev–Trinajstić information content (AvgIpc) is 3.08. The molecule has 3 unspecified atom stereocenters. The van der Waals surface area contributed by atoms with E-state index in [1.807, 2.05) is 11.4 Å². The largest absolute Gasteiger partial charge is 0.378 e. The van der Waals surface area contributed by atoms with E-state index in [4.69, 9.17) is 14.8 Å². The first-order chi connectivity index (χ1) is 11.9. The number of ether oxygens (including phenoxy) is 1. The predicted octanol–water partition coefficient (Wildman–Crippen LogP) is 3.86. The third-order valence-corrected chi connectivity index (χ3v) is 6.66. The molecule has 0 spiro atoms. The molecule has 2 aromatic rings. The fourth-order valence-corrected chi connectivity index (χ4v) is 5.58. The van der Waals surface area contributed by atoms with Crippen molar-refractivity contribution < 1.29 is 4.74 Å². The van der Waals surface area contributed by atoms with Crippen LogP contribution in [-0.4, -0.2) is 32.3 Å². The fraction of sp³-hybridized carbons (Fsp3) is 0.750. The monoisotopic (exact) mass is 340 g/mol. The Morgan fingerprint density at radius 2 is 2.00 bits per heavy atom. The smallest absolute Gasteiger partial charge is 0.159 e. The Morgan fingerprint density at radius 3 is 2.76 bits per heavy atom. The van der Waals surface area contributed by atoms with Crippen LogP contribution in [0, 0.1) is 24.2 Å². The average molecular weight is 340 g/mol. The van der Waals surface area contributed by atoms with Gasteiger partial charge in [0.1, 0.15) is 11.6 Å². The van der Waals surface area contributed by atoms with Crippen molar-refractivity contribution in [3.05, 3.63) is 23.4 Å². The molecule has 0 aromatic carbocycles. The second kappa shape index (κ2) is 5.26. The van der Waals surface area contributed by atoms with Crippen molar-refractivity contribution in [1.29, 1.82) is 0 Å². The van der Waals surface area contributed by atoms with E-state index in [0.29, 0.717) is 35.2 Å². The van der Waals surface area contributed by atoms with Gasteiger partial charge in [0, 0.05) is 17.9 Å². The molecule has 4 atom stereocenters. The molecular weight excluding hydrogens is 312 g/mol. The highest BCUT2D eigenvalue weighted by atomic mass is 16.5. The summed E-state index contributed by atoms with van der Waals surface area (Å²) in [7, 11) is 0. The summed E-state index contributed by atoms with van der Waals surface area (Å²) >= 11 is 0. The minimum Gasteiger partial charge on any atom is -0.378 e. The highest BCUT2D eigenvalue weighted by molar-refractivity contribution is 5.42. The van der Waals surface area contributed by atoms with Gasteiger partial charge in [-0.05, 0) is 49.9 Å². The zero-order valence-corrected chi connectivity index (χ0v) is 15.7. The topological polar surface area (TPSA) is 52.3 Å². The molecule has 1 saturated heterocycles. The molecule has 5 heteroatoms. The standard InChI is InChI=1S/C20H28N4O/c1-11-5-15-6-13(10-25-15)18(11)19-22-12(2)21-17-7-16(23-24(17)19)14-8-20(3,4)9-14/h7,11,13-15,18H,5-6,8-10H2,1-4H3/t11?,13?,15-,18?/m0/s1. The highest BCUT2D eigenvalue weighted by Gasteiger charge is 2.44. The quantitative estimate of drug-likeness (QED) is 0.833. The summed E-state index contributed by atoms with van der Waals surface area (Å²) in [5.41, 5.74) is 2.62. The molecule has 2 bridgehead atoms. The van der Waals surface area contributed by atoms with Gasteiger partial charge in [-0.25, -0.2) is 14.5 Å². The van der Waals surface area contributed by atoms with E-state index in [1.165, 1.54) is 25.0 Å². The lowest BCUT2D eigenvalue weighted by Gasteiger charge is -2.41. The summed E-state index contributed by atoms with van der Waals surface area (Å²) in [4.78, 5) is 9.54. The van der Waals surface area contributed by atoms with E-state index in [1.54, 1.807) is 0 Å². The van der Waals surface area contributed by atoms with Crippen LogP contribution in [0.2, 0.25) is 0 Å². The van der Waals surface area contributed by atoms with Gasteiger partial charge in [0.05, 0.1) is 18.4 Å². The molecule has 0 N–H and O–H groups in total. The number of hydrogen-bond donors (Lipinski definition) is 0. The summed E-state index contributed by atoms with van der Waals surface area (Å²) in [6, 6.07) is 2.19. The lowest BCUT2D eigenvalue weighted by Crippen LogP contribution is -2.31. The number of aryl methyl sites for hydroxylation is 1. The van der Waals surface area contributed by atoms with Gasteiger partial charge in [0.25, 0.3) is 0 Å². The molecule has 2 aliphatic carbocycles. The number of aromatic nitrogens is 4. The molecule has 1 aliphatic heterocycles. The third kappa shape index (κ3) is 2.50. The van der Waals surface area contributed by atoms with Crippen molar-refractivity contribution >= 4 is 5.65 Å². The van der Waals surface area contributed by atoms with E-state index in [0.717, 1.165) is 30.3 Å². The maximum atomic E-state index is 5.96. The van der Waals surface area contributed by atoms with Gasteiger partial charge in [-0.15, -0.1) is 0 Å². The van der Waals surface area contributed by atoms with Crippen molar-refractivity contribution in [3.8, 4) is 0 Å². The number of hydrogen-bond acceptors (Lipinski definition) is 4. The molecule has 0 amide bonds. The normalized spacial score (nSPS) is 34.4. The van der Waals surface area contributed by atoms with E-state index in [9.17, 15) is 0 Å². The van der Waals surface area contributed by atoms with Crippen molar-refractivity contribution in [2.75, 3.05) is 6.61 Å². The van der Waals surface area contributed by atoms with Crippen LogP contribution in [0.3, 0.4) is 0 Å². The van der Waals surface area contributed by atoms with Crippen LogP contribution in [0.15, 0.2) is 6.07 Å². The molecule has 2 aromatic heterocycles. The number of nitrogens with zero attached hydrogens (tertiary/aromatic N) is 4. The number of rotatable bonds is 2. The predicted molar refractivity (Wildman–Crippen MR) is 95.6 cm³/mol. The molecule has 134 valence electrons. The first-order valence-electron chi connectivity index (χ1n) is 9.75. The minimum absolute atomic E-state index is 0.425. The first kappa shape index (κ1) is 15.7. The van der Waals surface area contributed by atoms with Crippen molar-refractivity contribution in [2.24, 2.45) is 17.3 Å². The van der Waals surface area contributed by atoms with Crippen molar-refractivity contribution in [2.45, 2.75) is 71.3 Å². The fourth-order valence-electron chi connectivity index (χ4n) is 5.58. The van der Waals surface area contributed by atoms with Crippen molar-refractivity contribution in [1.82, 2.24) is 19.6 Å². The van der Waals surface area contributed by atoms with Gasteiger partial charge in [-0.3, -0.25) is 0 Å². The van der Waals surface area contributed by atoms with Gasteiger partial charge >= 0.3 is 0 Å². The Kier molecular flexibility index (Phi) is 3.31. The Hall–Kier alpha value is -1.49. The summed E-state index contributed by atoms with van der Waals surface area (Å²) in [6.45, 7) is 9.91. The molecule has 2 saturated carbocycles. The molecule has 5 rings (SSSR count). The van der Waals surface area contributed by atoms with Crippen LogP contribution in [0.1, 0.15) is 75.6 Å². The molecule has 0 radical (unpaired) electrons. The Morgan fingerprint density at radius 1 is 1.20 bits per heavy atom. The van der Waals surface area contributed by atoms with E-state index >= 15 is 0 Å². The minimum atomic E-state index is 0.425. The molecular formula is C20H28N4O. The summed E-state index contributed by atoms with van der Waals surface area (Å²) in [5.74, 6) is 4.12. The zero-order chi connectivity index (χ0) is 17.3. The second-order valence-electron chi connectivity index (χ2n) is 9.43. The van der Waals surface area contributed by atoms with Crippen molar-refractivity contribution in [3.63, 3.8) is 0 Å². The van der Waals surface area contributed by atoms with E-state index < -0.39 is 0 Å². The zero-order valence-electron chi connectivity index (χ0n) is 15.7. The van der Waals surface area contributed by atoms with Crippen LogP contribution in [0.4, 0.5) is 0 Å². The Labute approximate surface area is 149 Å². The SMILES string of the molecule is Cc1nc(C2C(C)C[C@H]3CC2CO3)n2nc(C3CC(C)(C)C3)cc2n1. The van der Waals surface area contributed by atoms with Crippen LogP contribution >= 0.6 is 0 Å². The summed E-state index contributed by atoms with van der Waals surface area (Å²) in [5, 5.41) is 4.98. The lowest BCUT2D eigenvalue weighted by atomic mass is 9.63. The molecule has 3 aliphatic rings. The first-order valence-corrected chi connectivity index (χ1v) is 9.75. The van der Waals surface area contributed by atoms with Crippen LogP contribution in [0.5, 0.6) is 0 Å². The maximum absolute atomic E-state index is 5.96. The van der Waals surface area contributed by atoms with Gasteiger partial charge in [-0.2, -0.15) is 5.10 Å². The van der Waals surface area contributed by atoms with Gasteiger partial charge in [0.15, 0.2) is 5.65 Å². The van der Waals surface area contributed by atoms with Gasteiger partial charge in [-0.1, -0.05) is 20.8 Å². The van der Waals surface area contributed by atoms with Crippen LogP contribution in [0.25, 0.3) is 5.65 Å². The summed E-state index contributed by atoms with van der Waals surface area (Å²) in [6.07, 6.45) is 5.20. The Bertz CT molecular complexity index is 818. The van der Waals surface area contributed by atoms with Crippen LogP contribution < -0.4 is 0 Å². The van der Waals surface area contributed by atoms with E-state index in [2.05, 4.69) is 31.8 Å².